The van der Waals surface area contributed by atoms with Crippen molar-refractivity contribution in [1.82, 2.24) is 4.57 Å². The molecule has 0 saturated carbocycles. The van der Waals surface area contributed by atoms with Crippen molar-refractivity contribution in [3.05, 3.63) is 33.7 Å². The van der Waals surface area contributed by atoms with E-state index < -0.39 is 11.8 Å². The molecule has 1 heterocycles. The Labute approximate surface area is 121 Å². The van der Waals surface area contributed by atoms with Crippen molar-refractivity contribution < 1.29 is 19.1 Å². The van der Waals surface area contributed by atoms with E-state index in [1.54, 1.807) is 6.92 Å². The SMILES string of the molecule is CCOC(=O)CC(=O)Cn1c2c(ccc1=O)C(=O)CCC2. The maximum Gasteiger partial charge on any atom is 0.313 e. The van der Waals surface area contributed by atoms with Crippen LogP contribution < -0.4 is 5.56 Å². The van der Waals surface area contributed by atoms with Crippen LogP contribution in [0, 0.1) is 0 Å². The van der Waals surface area contributed by atoms with Crippen molar-refractivity contribution in [3.8, 4) is 0 Å². The second-order valence-electron chi connectivity index (χ2n) is 4.92. The number of Topliss-reactive ketones (excluding diaryl/α,β-unsaturated/α-hetero) is 2. The molecule has 0 aromatic carbocycles. The van der Waals surface area contributed by atoms with E-state index >= 15 is 0 Å². The van der Waals surface area contributed by atoms with Crippen LogP contribution in [0.5, 0.6) is 0 Å². The lowest BCUT2D eigenvalue weighted by Gasteiger charge is -2.19. The molecule has 0 atom stereocenters. The molecule has 0 bridgehead atoms. The molecule has 6 nitrogen and oxygen atoms in total. The Morgan fingerprint density at radius 3 is 2.71 bits per heavy atom. The number of rotatable bonds is 5. The van der Waals surface area contributed by atoms with E-state index in [0.29, 0.717) is 30.5 Å². The summed E-state index contributed by atoms with van der Waals surface area (Å²) in [5, 5.41) is 0. The minimum atomic E-state index is -0.601. The molecule has 0 fully saturated rings. The first-order valence-corrected chi connectivity index (χ1v) is 6.96. The third-order valence-corrected chi connectivity index (χ3v) is 3.39. The number of pyridine rings is 1. The Bertz CT molecular complexity index is 644. The summed E-state index contributed by atoms with van der Waals surface area (Å²) in [7, 11) is 0. The first-order valence-electron chi connectivity index (χ1n) is 6.96. The lowest BCUT2D eigenvalue weighted by molar-refractivity contribution is -0.145. The fourth-order valence-corrected chi connectivity index (χ4v) is 2.47. The third-order valence-electron chi connectivity index (χ3n) is 3.39. The highest BCUT2D eigenvalue weighted by Crippen LogP contribution is 2.19. The molecule has 0 unspecified atom stereocenters. The highest BCUT2D eigenvalue weighted by atomic mass is 16.5. The Morgan fingerprint density at radius 1 is 1.24 bits per heavy atom. The Balaban J connectivity index is 2.22. The van der Waals surface area contributed by atoms with E-state index in [9.17, 15) is 19.2 Å². The van der Waals surface area contributed by atoms with Gasteiger partial charge in [0.05, 0.1) is 13.2 Å². The predicted molar refractivity (Wildman–Crippen MR) is 74.2 cm³/mol. The summed E-state index contributed by atoms with van der Waals surface area (Å²) in [6.45, 7) is 1.67. The van der Waals surface area contributed by atoms with Crippen LogP contribution in [-0.4, -0.2) is 28.7 Å². The van der Waals surface area contributed by atoms with Crippen molar-refractivity contribution in [3.63, 3.8) is 0 Å². The number of aromatic nitrogens is 1. The molecule has 0 aliphatic heterocycles. The lowest BCUT2D eigenvalue weighted by Crippen LogP contribution is -2.31. The molecule has 112 valence electrons. The Morgan fingerprint density at radius 2 is 2.00 bits per heavy atom. The molecule has 2 rings (SSSR count). The van der Waals surface area contributed by atoms with E-state index in [0.717, 1.165) is 0 Å². The minimum Gasteiger partial charge on any atom is -0.466 e. The number of ketones is 2. The summed E-state index contributed by atoms with van der Waals surface area (Å²) in [4.78, 5) is 46.9. The zero-order valence-corrected chi connectivity index (χ0v) is 11.9. The predicted octanol–water partition coefficient (Wildman–Crippen LogP) is 0.890. The van der Waals surface area contributed by atoms with Crippen molar-refractivity contribution in [1.29, 1.82) is 0 Å². The normalized spacial score (nSPS) is 13.7. The molecular formula is C15H17NO5. The van der Waals surface area contributed by atoms with Gasteiger partial charge in [0.25, 0.3) is 5.56 Å². The van der Waals surface area contributed by atoms with Gasteiger partial charge < -0.3 is 9.30 Å². The van der Waals surface area contributed by atoms with Gasteiger partial charge in [0, 0.05) is 23.7 Å². The van der Waals surface area contributed by atoms with Crippen molar-refractivity contribution in [2.45, 2.75) is 39.2 Å². The number of ether oxygens (including phenoxy) is 1. The second kappa shape index (κ2) is 6.47. The molecule has 0 spiro atoms. The third kappa shape index (κ3) is 3.45. The highest BCUT2D eigenvalue weighted by Gasteiger charge is 2.22. The maximum atomic E-state index is 11.9. The van der Waals surface area contributed by atoms with Gasteiger partial charge in [-0.05, 0) is 25.8 Å². The van der Waals surface area contributed by atoms with Crippen LogP contribution in [0.3, 0.4) is 0 Å². The summed E-state index contributed by atoms with van der Waals surface area (Å²) < 4.78 is 6.01. The molecule has 1 aliphatic carbocycles. The van der Waals surface area contributed by atoms with Crippen LogP contribution in [0.2, 0.25) is 0 Å². The molecule has 0 amide bonds. The van der Waals surface area contributed by atoms with Crippen molar-refractivity contribution in [2.75, 3.05) is 6.61 Å². The monoisotopic (exact) mass is 291 g/mol. The standard InChI is InChI=1S/C15H17NO5/c1-2-21-15(20)8-10(17)9-16-12-4-3-5-13(18)11(12)6-7-14(16)19/h6-7H,2-5,8-9H2,1H3. The van der Waals surface area contributed by atoms with Gasteiger partial charge in [-0.3, -0.25) is 19.2 Å². The first-order chi connectivity index (χ1) is 10.0. The van der Waals surface area contributed by atoms with Gasteiger partial charge in [0.15, 0.2) is 11.6 Å². The molecule has 0 N–H and O–H groups in total. The molecule has 0 saturated heterocycles. The summed E-state index contributed by atoms with van der Waals surface area (Å²) in [6, 6.07) is 2.81. The van der Waals surface area contributed by atoms with Gasteiger partial charge in [0.1, 0.15) is 6.42 Å². The zero-order valence-electron chi connectivity index (χ0n) is 11.9. The van der Waals surface area contributed by atoms with Crippen LogP contribution in [0.4, 0.5) is 0 Å². The van der Waals surface area contributed by atoms with Crippen LogP contribution in [0.15, 0.2) is 16.9 Å². The summed E-state index contributed by atoms with van der Waals surface area (Å²) in [6.07, 6.45) is 1.35. The molecule has 1 aromatic heterocycles. The van der Waals surface area contributed by atoms with Gasteiger partial charge in [-0.1, -0.05) is 0 Å². The number of nitrogens with zero attached hydrogens (tertiary/aromatic N) is 1. The molecule has 0 radical (unpaired) electrons. The number of hydrogen-bond donors (Lipinski definition) is 0. The molecule has 21 heavy (non-hydrogen) atoms. The number of carbonyl (C=O) groups is 3. The molecular weight excluding hydrogens is 274 g/mol. The summed E-state index contributed by atoms with van der Waals surface area (Å²) in [5.41, 5.74) is 0.765. The fourth-order valence-electron chi connectivity index (χ4n) is 2.47. The van der Waals surface area contributed by atoms with Crippen molar-refractivity contribution >= 4 is 17.5 Å². The van der Waals surface area contributed by atoms with E-state index in [1.165, 1.54) is 16.7 Å². The highest BCUT2D eigenvalue weighted by molar-refractivity contribution is 5.98. The van der Waals surface area contributed by atoms with Crippen LogP contribution in [0.1, 0.15) is 42.2 Å². The largest absolute Gasteiger partial charge is 0.466 e. The average Bonchev–Trinajstić information content (AvgIpc) is 2.42. The Kier molecular flexibility index (Phi) is 4.67. The van der Waals surface area contributed by atoms with Crippen LogP contribution in [0.25, 0.3) is 0 Å². The van der Waals surface area contributed by atoms with E-state index in [-0.39, 0.29) is 30.9 Å². The molecule has 1 aromatic rings. The van der Waals surface area contributed by atoms with Gasteiger partial charge in [-0.2, -0.15) is 0 Å². The zero-order chi connectivity index (χ0) is 15.4. The van der Waals surface area contributed by atoms with Gasteiger partial charge in [-0.25, -0.2) is 0 Å². The average molecular weight is 291 g/mol. The summed E-state index contributed by atoms with van der Waals surface area (Å²) in [5.74, 6) is -1.01. The van der Waals surface area contributed by atoms with Crippen LogP contribution >= 0.6 is 0 Å². The molecule has 1 aliphatic rings. The smallest absolute Gasteiger partial charge is 0.313 e. The van der Waals surface area contributed by atoms with E-state index in [2.05, 4.69) is 0 Å². The number of esters is 1. The van der Waals surface area contributed by atoms with Gasteiger partial charge in [0.2, 0.25) is 0 Å². The van der Waals surface area contributed by atoms with Gasteiger partial charge in [-0.15, -0.1) is 0 Å². The lowest BCUT2D eigenvalue weighted by atomic mass is 9.94. The van der Waals surface area contributed by atoms with Crippen LogP contribution in [-0.2, 0) is 27.3 Å². The second-order valence-corrected chi connectivity index (χ2v) is 4.92. The molecule has 6 heteroatoms. The van der Waals surface area contributed by atoms with Crippen molar-refractivity contribution in [2.24, 2.45) is 0 Å². The quantitative estimate of drug-likeness (QED) is 0.594. The fraction of sp³-hybridized carbons (Fsp3) is 0.467. The van der Waals surface area contributed by atoms with Gasteiger partial charge >= 0.3 is 5.97 Å². The number of fused-ring (bicyclic) bond motifs is 1. The topological polar surface area (TPSA) is 82.4 Å². The summed E-state index contributed by atoms with van der Waals surface area (Å²) >= 11 is 0. The maximum absolute atomic E-state index is 11.9. The number of hydrogen-bond acceptors (Lipinski definition) is 5. The number of carbonyl (C=O) groups excluding carboxylic acids is 3. The Hall–Kier alpha value is -2.24. The first kappa shape index (κ1) is 15.2. The minimum absolute atomic E-state index is 0.0113. The van der Waals surface area contributed by atoms with E-state index in [1.807, 2.05) is 0 Å². The van der Waals surface area contributed by atoms with E-state index in [4.69, 9.17) is 4.74 Å².